The summed E-state index contributed by atoms with van der Waals surface area (Å²) in [5, 5.41) is 2.94. The average molecular weight is 236 g/mol. The van der Waals surface area contributed by atoms with Crippen LogP contribution in [0.1, 0.15) is 25.5 Å². The van der Waals surface area contributed by atoms with Gasteiger partial charge in [0, 0.05) is 37.9 Å². The molecule has 2 heterocycles. The molecule has 1 aliphatic rings. The van der Waals surface area contributed by atoms with Gasteiger partial charge in [0.2, 0.25) is 0 Å². The second kappa shape index (κ2) is 5.70. The van der Waals surface area contributed by atoms with Gasteiger partial charge < -0.3 is 15.2 Å². The molecule has 0 bridgehead atoms. The molecule has 0 spiro atoms. The van der Waals surface area contributed by atoms with Crippen LogP contribution in [-0.4, -0.2) is 40.5 Å². The van der Waals surface area contributed by atoms with E-state index in [1.165, 1.54) is 0 Å². The summed E-state index contributed by atoms with van der Waals surface area (Å²) in [5.41, 5.74) is 1.05. The van der Waals surface area contributed by atoms with Crippen LogP contribution in [0.25, 0.3) is 0 Å². The molecule has 2 rings (SSSR count). The molecule has 0 atom stereocenters. The minimum atomic E-state index is 0.0661. The lowest BCUT2D eigenvalue weighted by Crippen LogP contribution is -2.44. The third-order valence-electron chi connectivity index (χ3n) is 3.30. The summed E-state index contributed by atoms with van der Waals surface area (Å²) in [6.07, 6.45) is 6.48. The van der Waals surface area contributed by atoms with E-state index in [4.69, 9.17) is 0 Å². The standard InChI is InChI=1S/C12H20N4O/c1-10-3-6-16(7-4-10)12(17)14-5-2-11-8-13-9-15-11/h8-10H,2-7H2,1H3,(H,13,15)(H,14,17). The molecule has 2 amide bonds. The number of nitrogens with one attached hydrogen (secondary N) is 2. The van der Waals surface area contributed by atoms with Gasteiger partial charge in [-0.15, -0.1) is 0 Å². The van der Waals surface area contributed by atoms with Crippen molar-refractivity contribution in [1.82, 2.24) is 20.2 Å². The fourth-order valence-electron chi connectivity index (χ4n) is 2.05. The van der Waals surface area contributed by atoms with Gasteiger partial charge in [-0.1, -0.05) is 6.92 Å². The van der Waals surface area contributed by atoms with E-state index < -0.39 is 0 Å². The first-order chi connectivity index (χ1) is 8.25. The highest BCUT2D eigenvalue weighted by Gasteiger charge is 2.19. The van der Waals surface area contributed by atoms with E-state index in [1.54, 1.807) is 12.5 Å². The van der Waals surface area contributed by atoms with Gasteiger partial charge in [-0.25, -0.2) is 9.78 Å². The van der Waals surface area contributed by atoms with E-state index in [2.05, 4.69) is 22.2 Å². The van der Waals surface area contributed by atoms with Crippen molar-refractivity contribution in [3.05, 3.63) is 18.2 Å². The van der Waals surface area contributed by atoms with Crippen molar-refractivity contribution in [1.29, 1.82) is 0 Å². The van der Waals surface area contributed by atoms with Crippen LogP contribution < -0.4 is 5.32 Å². The fourth-order valence-corrected chi connectivity index (χ4v) is 2.05. The van der Waals surface area contributed by atoms with Gasteiger partial charge in [-0.05, 0) is 18.8 Å². The number of carbonyl (C=O) groups is 1. The molecule has 1 aromatic rings. The van der Waals surface area contributed by atoms with Gasteiger partial charge in [0.25, 0.3) is 0 Å². The number of amides is 2. The summed E-state index contributed by atoms with van der Waals surface area (Å²) in [6, 6.07) is 0.0661. The van der Waals surface area contributed by atoms with Crippen LogP contribution in [0.3, 0.4) is 0 Å². The van der Waals surface area contributed by atoms with E-state index >= 15 is 0 Å². The maximum atomic E-state index is 11.8. The van der Waals surface area contributed by atoms with E-state index in [-0.39, 0.29) is 6.03 Å². The lowest BCUT2D eigenvalue weighted by atomic mass is 10.00. The van der Waals surface area contributed by atoms with Gasteiger partial charge in [0.1, 0.15) is 0 Å². The number of hydrogen-bond acceptors (Lipinski definition) is 2. The predicted octanol–water partition coefficient (Wildman–Crippen LogP) is 1.39. The Morgan fingerprint density at radius 1 is 1.59 bits per heavy atom. The molecule has 5 heteroatoms. The van der Waals surface area contributed by atoms with Crippen molar-refractivity contribution in [2.75, 3.05) is 19.6 Å². The molecule has 94 valence electrons. The molecule has 1 fully saturated rings. The summed E-state index contributed by atoms with van der Waals surface area (Å²) in [5.74, 6) is 0.754. The highest BCUT2D eigenvalue weighted by molar-refractivity contribution is 5.74. The Morgan fingerprint density at radius 2 is 2.35 bits per heavy atom. The Morgan fingerprint density at radius 3 is 3.00 bits per heavy atom. The fraction of sp³-hybridized carbons (Fsp3) is 0.667. The number of urea groups is 1. The minimum Gasteiger partial charge on any atom is -0.348 e. The number of H-pyrrole nitrogens is 1. The molecule has 2 N–H and O–H groups in total. The summed E-state index contributed by atoms with van der Waals surface area (Å²) in [7, 11) is 0. The lowest BCUT2D eigenvalue weighted by molar-refractivity contribution is 0.174. The molecule has 0 saturated carbocycles. The molecular formula is C12H20N4O. The number of hydrogen-bond donors (Lipinski definition) is 2. The van der Waals surface area contributed by atoms with Crippen molar-refractivity contribution in [2.24, 2.45) is 5.92 Å². The third kappa shape index (κ3) is 3.47. The number of rotatable bonds is 3. The number of aromatic nitrogens is 2. The van der Waals surface area contributed by atoms with E-state index in [9.17, 15) is 4.79 Å². The van der Waals surface area contributed by atoms with Crippen molar-refractivity contribution in [3.8, 4) is 0 Å². The molecule has 0 radical (unpaired) electrons. The monoisotopic (exact) mass is 236 g/mol. The van der Waals surface area contributed by atoms with Crippen molar-refractivity contribution < 1.29 is 4.79 Å². The normalized spacial score (nSPS) is 17.1. The number of nitrogens with zero attached hydrogens (tertiary/aromatic N) is 2. The van der Waals surface area contributed by atoms with Crippen molar-refractivity contribution in [3.63, 3.8) is 0 Å². The Balaban J connectivity index is 1.67. The molecule has 5 nitrogen and oxygen atoms in total. The number of piperidine rings is 1. The zero-order chi connectivity index (χ0) is 12.1. The highest BCUT2D eigenvalue weighted by atomic mass is 16.2. The Labute approximate surface area is 102 Å². The van der Waals surface area contributed by atoms with Crippen molar-refractivity contribution in [2.45, 2.75) is 26.2 Å². The lowest BCUT2D eigenvalue weighted by Gasteiger charge is -2.30. The number of likely N-dealkylation sites (tertiary alicyclic amines) is 1. The molecule has 17 heavy (non-hydrogen) atoms. The first kappa shape index (κ1) is 12.0. The number of aromatic amines is 1. The maximum absolute atomic E-state index is 11.8. The minimum absolute atomic E-state index is 0.0661. The van der Waals surface area contributed by atoms with Crippen molar-refractivity contribution >= 4 is 6.03 Å². The molecule has 1 aliphatic heterocycles. The second-order valence-corrected chi connectivity index (χ2v) is 4.73. The largest absolute Gasteiger partial charge is 0.348 e. The quantitative estimate of drug-likeness (QED) is 0.833. The Kier molecular flexibility index (Phi) is 4.01. The van der Waals surface area contributed by atoms with E-state index in [0.29, 0.717) is 6.54 Å². The summed E-state index contributed by atoms with van der Waals surface area (Å²) in [4.78, 5) is 20.7. The summed E-state index contributed by atoms with van der Waals surface area (Å²) < 4.78 is 0. The van der Waals surface area contributed by atoms with Gasteiger partial charge in [0.15, 0.2) is 0 Å². The van der Waals surface area contributed by atoms with Gasteiger partial charge in [-0.3, -0.25) is 0 Å². The van der Waals surface area contributed by atoms with Crippen LogP contribution in [0.5, 0.6) is 0 Å². The number of imidazole rings is 1. The van der Waals surface area contributed by atoms with Crippen LogP contribution in [0, 0.1) is 5.92 Å². The smallest absolute Gasteiger partial charge is 0.317 e. The first-order valence-corrected chi connectivity index (χ1v) is 6.25. The average Bonchev–Trinajstić information content (AvgIpc) is 2.83. The molecular weight excluding hydrogens is 216 g/mol. The molecule has 0 aromatic carbocycles. The van der Waals surface area contributed by atoms with Gasteiger partial charge in [0.05, 0.1) is 6.33 Å². The third-order valence-corrected chi connectivity index (χ3v) is 3.30. The van der Waals surface area contributed by atoms with Crippen LogP contribution in [0.4, 0.5) is 4.79 Å². The molecule has 1 saturated heterocycles. The van der Waals surface area contributed by atoms with Gasteiger partial charge in [-0.2, -0.15) is 0 Å². The molecule has 1 aromatic heterocycles. The predicted molar refractivity (Wildman–Crippen MR) is 65.7 cm³/mol. The van der Waals surface area contributed by atoms with Crippen LogP contribution in [-0.2, 0) is 6.42 Å². The second-order valence-electron chi connectivity index (χ2n) is 4.73. The maximum Gasteiger partial charge on any atom is 0.317 e. The topological polar surface area (TPSA) is 61.0 Å². The number of carbonyl (C=O) groups excluding carboxylic acids is 1. The van der Waals surface area contributed by atoms with Crippen LogP contribution >= 0.6 is 0 Å². The zero-order valence-corrected chi connectivity index (χ0v) is 10.3. The van der Waals surface area contributed by atoms with Gasteiger partial charge >= 0.3 is 6.03 Å². The first-order valence-electron chi connectivity index (χ1n) is 6.25. The van der Waals surface area contributed by atoms with E-state index in [0.717, 1.165) is 44.0 Å². The zero-order valence-electron chi connectivity index (χ0n) is 10.3. The Bertz CT molecular complexity index is 341. The summed E-state index contributed by atoms with van der Waals surface area (Å²) >= 11 is 0. The highest BCUT2D eigenvalue weighted by Crippen LogP contribution is 2.15. The van der Waals surface area contributed by atoms with Crippen LogP contribution in [0.2, 0.25) is 0 Å². The SMILES string of the molecule is CC1CCN(C(=O)NCCc2cnc[nH]2)CC1. The summed E-state index contributed by atoms with van der Waals surface area (Å²) in [6.45, 7) is 4.68. The van der Waals surface area contributed by atoms with Crippen LogP contribution in [0.15, 0.2) is 12.5 Å². The molecule has 0 aliphatic carbocycles. The van der Waals surface area contributed by atoms with E-state index in [1.807, 2.05) is 4.90 Å². The Hall–Kier alpha value is -1.52. The molecule has 0 unspecified atom stereocenters.